The first kappa shape index (κ1) is 19.6. The number of carbonyl (C=O) groups excluding carboxylic acids is 1. The summed E-state index contributed by atoms with van der Waals surface area (Å²) in [6.45, 7) is 2.70. The molecule has 0 saturated carbocycles. The van der Waals surface area contributed by atoms with Crippen molar-refractivity contribution in [1.29, 1.82) is 0 Å². The van der Waals surface area contributed by atoms with Crippen molar-refractivity contribution in [3.8, 4) is 11.1 Å². The summed E-state index contributed by atoms with van der Waals surface area (Å²) in [5.74, 6) is -0.431. The van der Waals surface area contributed by atoms with Crippen LogP contribution in [0.25, 0.3) is 16.8 Å². The maximum Gasteiger partial charge on any atom is 0.248 e. The minimum absolute atomic E-state index is 0.0698. The Morgan fingerprint density at radius 2 is 1.93 bits per heavy atom. The molecule has 0 radical (unpaired) electrons. The number of nitrogens with two attached hydrogens (primary N) is 2. The number of primary amides is 1. The van der Waals surface area contributed by atoms with Crippen molar-refractivity contribution in [3.63, 3.8) is 0 Å². The highest BCUT2D eigenvalue weighted by Gasteiger charge is 2.23. The van der Waals surface area contributed by atoms with Gasteiger partial charge in [0.25, 0.3) is 0 Å². The molecule has 1 unspecified atom stereocenters. The van der Waals surface area contributed by atoms with Crippen molar-refractivity contribution >= 4 is 17.3 Å². The summed E-state index contributed by atoms with van der Waals surface area (Å²) < 4.78 is 1.80. The number of allylic oxidation sites excluding steroid dienone is 1. The second-order valence-electron chi connectivity index (χ2n) is 7.62. The first-order valence-corrected chi connectivity index (χ1v) is 9.92. The Labute approximate surface area is 175 Å². The molecule has 1 amide bonds. The van der Waals surface area contributed by atoms with E-state index in [4.69, 9.17) is 11.5 Å². The van der Waals surface area contributed by atoms with Crippen LogP contribution in [0, 0.1) is 0 Å². The molecule has 2 heterocycles. The van der Waals surface area contributed by atoms with Crippen molar-refractivity contribution in [2.45, 2.75) is 19.4 Å². The Balaban J connectivity index is 1.75. The fraction of sp³-hybridized carbons (Fsp3) is 0.217. The summed E-state index contributed by atoms with van der Waals surface area (Å²) in [7, 11) is 1.91. The lowest BCUT2D eigenvalue weighted by Crippen LogP contribution is -2.17. The lowest BCUT2D eigenvalue weighted by Gasteiger charge is -2.21. The predicted octanol–water partition coefficient (Wildman–Crippen LogP) is 2.98. The van der Waals surface area contributed by atoms with Gasteiger partial charge < -0.3 is 22.1 Å². The zero-order chi connectivity index (χ0) is 21.3. The van der Waals surface area contributed by atoms with Crippen LogP contribution >= 0.6 is 0 Å². The topological polar surface area (TPSA) is 111 Å². The summed E-state index contributed by atoms with van der Waals surface area (Å²) in [4.78, 5) is 11.4. The lowest BCUT2D eigenvalue weighted by atomic mass is 9.93. The smallest absolute Gasteiger partial charge is 0.248 e. The summed E-state index contributed by atoms with van der Waals surface area (Å²) >= 11 is 0. The number of hydrogen-bond acceptors (Lipinski definition) is 5. The van der Waals surface area contributed by atoms with Gasteiger partial charge in [0, 0.05) is 47.9 Å². The molecule has 1 atom stereocenters. The summed E-state index contributed by atoms with van der Waals surface area (Å²) in [5, 5.41) is 11.4. The van der Waals surface area contributed by atoms with E-state index in [0.29, 0.717) is 5.56 Å². The van der Waals surface area contributed by atoms with Crippen LogP contribution in [0.5, 0.6) is 0 Å². The number of hydrogen-bond donors (Lipinski definition) is 4. The Hall–Kier alpha value is -3.74. The average Bonchev–Trinajstić information content (AvgIpc) is 3.08. The maximum atomic E-state index is 11.4. The van der Waals surface area contributed by atoms with E-state index in [9.17, 15) is 4.79 Å². The monoisotopic (exact) mass is 402 g/mol. The van der Waals surface area contributed by atoms with Crippen molar-refractivity contribution in [1.82, 2.24) is 15.1 Å². The van der Waals surface area contributed by atoms with Crippen LogP contribution in [0.15, 0.2) is 60.6 Å². The Bertz CT molecular complexity index is 1110. The molecule has 0 fully saturated rings. The van der Waals surface area contributed by atoms with Gasteiger partial charge in [0.1, 0.15) is 0 Å². The van der Waals surface area contributed by atoms with Crippen LogP contribution in [-0.2, 0) is 7.05 Å². The fourth-order valence-corrected chi connectivity index (χ4v) is 3.85. The summed E-state index contributed by atoms with van der Waals surface area (Å²) in [5.41, 5.74) is 19.1. The number of nitrogens with zero attached hydrogens (tertiary/aromatic N) is 2. The van der Waals surface area contributed by atoms with E-state index in [2.05, 4.69) is 33.9 Å². The van der Waals surface area contributed by atoms with E-state index in [0.717, 1.165) is 46.7 Å². The first-order valence-electron chi connectivity index (χ1n) is 9.92. The van der Waals surface area contributed by atoms with Gasteiger partial charge in [-0.1, -0.05) is 12.1 Å². The van der Waals surface area contributed by atoms with Gasteiger partial charge in [-0.25, -0.2) is 0 Å². The van der Waals surface area contributed by atoms with Gasteiger partial charge in [-0.2, -0.15) is 5.10 Å². The molecule has 0 saturated heterocycles. The molecule has 6 N–H and O–H groups in total. The second kappa shape index (κ2) is 7.94. The van der Waals surface area contributed by atoms with Gasteiger partial charge in [0.2, 0.25) is 5.91 Å². The number of carbonyl (C=O) groups is 1. The molecule has 1 aromatic heterocycles. The number of benzene rings is 2. The standard InChI is InChI=1S/C23H26N6O/c1-14(24)22-19-8-5-16(17-12-27-29(2)13-17)11-20(19)21(9-10-26-22)28-18-6-3-15(4-7-18)23(25)30/h3-8,11-13,21,26,28H,9-10,24H2,1-2H3,(H2,25,30)/b22-14-. The number of amides is 1. The molecule has 7 heteroatoms. The number of aryl methyl sites for hydroxylation is 1. The molecular formula is C23H26N6O. The zero-order valence-corrected chi connectivity index (χ0v) is 17.1. The van der Waals surface area contributed by atoms with E-state index in [1.54, 1.807) is 16.8 Å². The summed E-state index contributed by atoms with van der Waals surface area (Å²) in [6, 6.07) is 13.7. The van der Waals surface area contributed by atoms with Crippen molar-refractivity contribution < 1.29 is 4.79 Å². The van der Waals surface area contributed by atoms with Gasteiger partial charge in [0.05, 0.1) is 17.9 Å². The predicted molar refractivity (Wildman–Crippen MR) is 119 cm³/mol. The molecule has 0 spiro atoms. The number of nitrogens with one attached hydrogen (secondary N) is 2. The van der Waals surface area contributed by atoms with Crippen LogP contribution in [-0.4, -0.2) is 22.2 Å². The Kier molecular flexibility index (Phi) is 5.18. The van der Waals surface area contributed by atoms with Crippen molar-refractivity contribution in [2.75, 3.05) is 11.9 Å². The molecular weight excluding hydrogens is 376 g/mol. The van der Waals surface area contributed by atoms with E-state index in [1.165, 1.54) is 5.56 Å². The largest absolute Gasteiger partial charge is 0.401 e. The molecule has 30 heavy (non-hydrogen) atoms. The minimum atomic E-state index is -0.431. The normalized spacial score (nSPS) is 17.5. The lowest BCUT2D eigenvalue weighted by molar-refractivity contribution is 0.100. The molecule has 7 nitrogen and oxygen atoms in total. The molecule has 3 aromatic rings. The van der Waals surface area contributed by atoms with E-state index < -0.39 is 5.91 Å². The molecule has 1 aliphatic heterocycles. The molecule has 4 rings (SSSR count). The van der Waals surface area contributed by atoms with Crippen LogP contribution < -0.4 is 22.1 Å². The van der Waals surface area contributed by atoms with Crippen LogP contribution in [0.4, 0.5) is 5.69 Å². The van der Waals surface area contributed by atoms with Crippen molar-refractivity contribution in [2.24, 2.45) is 18.5 Å². The highest BCUT2D eigenvalue weighted by molar-refractivity contribution is 5.93. The highest BCUT2D eigenvalue weighted by Crippen LogP contribution is 2.35. The van der Waals surface area contributed by atoms with Crippen LogP contribution in [0.2, 0.25) is 0 Å². The Morgan fingerprint density at radius 3 is 2.57 bits per heavy atom. The van der Waals surface area contributed by atoms with Gasteiger partial charge in [-0.15, -0.1) is 0 Å². The third-order valence-corrected chi connectivity index (χ3v) is 5.37. The number of anilines is 1. The third kappa shape index (κ3) is 3.87. The maximum absolute atomic E-state index is 11.4. The van der Waals surface area contributed by atoms with Crippen LogP contribution in [0.3, 0.4) is 0 Å². The minimum Gasteiger partial charge on any atom is -0.401 e. The quantitative estimate of drug-likeness (QED) is 0.536. The fourth-order valence-electron chi connectivity index (χ4n) is 3.85. The third-order valence-electron chi connectivity index (χ3n) is 5.37. The molecule has 0 aliphatic carbocycles. The average molecular weight is 403 g/mol. The highest BCUT2D eigenvalue weighted by atomic mass is 16.1. The zero-order valence-electron chi connectivity index (χ0n) is 17.1. The Morgan fingerprint density at radius 1 is 1.17 bits per heavy atom. The van der Waals surface area contributed by atoms with Crippen LogP contribution in [0.1, 0.15) is 40.9 Å². The number of rotatable bonds is 4. The van der Waals surface area contributed by atoms with Gasteiger partial charge in [-0.05, 0) is 54.8 Å². The summed E-state index contributed by atoms with van der Waals surface area (Å²) in [6.07, 6.45) is 4.75. The number of aromatic nitrogens is 2. The molecule has 2 aromatic carbocycles. The van der Waals surface area contributed by atoms with E-state index in [-0.39, 0.29) is 6.04 Å². The van der Waals surface area contributed by atoms with Gasteiger partial charge >= 0.3 is 0 Å². The van der Waals surface area contributed by atoms with E-state index in [1.807, 2.05) is 38.5 Å². The molecule has 154 valence electrons. The van der Waals surface area contributed by atoms with Gasteiger partial charge in [-0.3, -0.25) is 9.48 Å². The SMILES string of the molecule is C/C(N)=C1/NCCC(Nc2ccc(C(N)=O)cc2)c2cc(-c3cnn(C)c3)ccc21. The second-order valence-corrected chi connectivity index (χ2v) is 7.62. The van der Waals surface area contributed by atoms with E-state index >= 15 is 0 Å². The van der Waals surface area contributed by atoms with Gasteiger partial charge in [0.15, 0.2) is 0 Å². The van der Waals surface area contributed by atoms with Crippen molar-refractivity contribution in [3.05, 3.63) is 77.2 Å². The molecule has 1 aliphatic rings. The number of fused-ring (bicyclic) bond motifs is 1. The first-order chi connectivity index (χ1) is 14.4. The molecule has 0 bridgehead atoms.